The molecule has 0 amide bonds. The molecule has 0 bridgehead atoms. The molecule has 1 saturated heterocycles. The van der Waals surface area contributed by atoms with Crippen LogP contribution in [0.1, 0.15) is 24.3 Å². The molecule has 1 aliphatic heterocycles. The van der Waals surface area contributed by atoms with Gasteiger partial charge in [-0.05, 0) is 49.5 Å². The van der Waals surface area contributed by atoms with Crippen LogP contribution in [0.4, 0.5) is 0 Å². The highest BCUT2D eigenvalue weighted by atomic mass is 35.5. The average molecular weight is 252 g/mol. The molecule has 0 radical (unpaired) electrons. The lowest BCUT2D eigenvalue weighted by Crippen LogP contribution is -2.26. The number of hydrogen-bond donors (Lipinski definition) is 3. The van der Waals surface area contributed by atoms with Gasteiger partial charge in [0.05, 0.1) is 16.1 Å². The van der Waals surface area contributed by atoms with Gasteiger partial charge in [0.25, 0.3) is 0 Å². The highest BCUT2D eigenvalue weighted by Gasteiger charge is 2.17. The molecule has 1 aromatic heterocycles. The molecule has 3 rings (SSSR count). The lowest BCUT2D eigenvalue weighted by Gasteiger charge is -2.23. The summed E-state index contributed by atoms with van der Waals surface area (Å²) in [6.45, 7) is 2.09. The van der Waals surface area contributed by atoms with E-state index in [0.29, 0.717) is 16.5 Å². The Kier molecular flexibility index (Phi) is 2.68. The van der Waals surface area contributed by atoms with Crippen molar-refractivity contribution in [2.24, 2.45) is 0 Å². The van der Waals surface area contributed by atoms with Crippen molar-refractivity contribution in [3.63, 3.8) is 0 Å². The van der Waals surface area contributed by atoms with Gasteiger partial charge in [0.15, 0.2) is 0 Å². The Morgan fingerprint density at radius 1 is 1.18 bits per heavy atom. The van der Waals surface area contributed by atoms with E-state index in [1.165, 1.54) is 5.56 Å². The average Bonchev–Trinajstić information content (AvgIpc) is 2.71. The summed E-state index contributed by atoms with van der Waals surface area (Å²) in [4.78, 5) is 16.7. The molecule has 0 atom stereocenters. The Morgan fingerprint density at radius 2 is 1.94 bits per heavy atom. The lowest BCUT2D eigenvalue weighted by molar-refractivity contribution is 0.460. The zero-order valence-corrected chi connectivity index (χ0v) is 10.1. The van der Waals surface area contributed by atoms with Crippen LogP contribution in [0.15, 0.2) is 16.9 Å². The molecule has 0 unspecified atom stereocenters. The number of piperidine rings is 1. The van der Waals surface area contributed by atoms with Crippen LogP contribution in [-0.4, -0.2) is 23.1 Å². The van der Waals surface area contributed by atoms with Crippen molar-refractivity contribution >= 4 is 22.6 Å². The van der Waals surface area contributed by atoms with Gasteiger partial charge in [-0.25, -0.2) is 4.79 Å². The fourth-order valence-corrected chi connectivity index (χ4v) is 2.79. The largest absolute Gasteiger partial charge is 0.323 e. The van der Waals surface area contributed by atoms with Gasteiger partial charge >= 0.3 is 5.69 Å². The fourth-order valence-electron chi connectivity index (χ4n) is 2.51. The first-order chi connectivity index (χ1) is 8.24. The summed E-state index contributed by atoms with van der Waals surface area (Å²) in [6, 6.07) is 4.01. The summed E-state index contributed by atoms with van der Waals surface area (Å²) in [6.07, 6.45) is 2.24. The van der Waals surface area contributed by atoms with Gasteiger partial charge in [-0.1, -0.05) is 11.6 Å². The van der Waals surface area contributed by atoms with Crippen LogP contribution in [0.2, 0.25) is 5.02 Å². The van der Waals surface area contributed by atoms with E-state index >= 15 is 0 Å². The second-order valence-electron chi connectivity index (χ2n) is 4.53. The van der Waals surface area contributed by atoms with Crippen LogP contribution < -0.4 is 11.0 Å². The van der Waals surface area contributed by atoms with Crippen molar-refractivity contribution in [1.82, 2.24) is 15.3 Å². The number of nitrogens with one attached hydrogen (secondary N) is 3. The van der Waals surface area contributed by atoms with Gasteiger partial charge in [0.2, 0.25) is 0 Å². The molecular formula is C12H14ClN3O. The summed E-state index contributed by atoms with van der Waals surface area (Å²) in [5.41, 5.74) is 2.52. The molecule has 3 N–H and O–H groups in total. The van der Waals surface area contributed by atoms with Gasteiger partial charge in [-0.15, -0.1) is 0 Å². The molecule has 1 fully saturated rings. The molecule has 0 saturated carbocycles. The highest BCUT2D eigenvalue weighted by Crippen LogP contribution is 2.30. The smallest absolute Gasteiger partial charge is 0.317 e. The van der Waals surface area contributed by atoms with E-state index in [2.05, 4.69) is 15.3 Å². The van der Waals surface area contributed by atoms with Gasteiger partial charge in [0.1, 0.15) is 0 Å². The van der Waals surface area contributed by atoms with Crippen LogP contribution >= 0.6 is 11.6 Å². The van der Waals surface area contributed by atoms with Gasteiger partial charge < -0.3 is 15.3 Å². The zero-order valence-electron chi connectivity index (χ0n) is 9.35. The molecule has 5 heteroatoms. The van der Waals surface area contributed by atoms with Gasteiger partial charge in [0, 0.05) is 0 Å². The maximum Gasteiger partial charge on any atom is 0.323 e. The van der Waals surface area contributed by atoms with Crippen LogP contribution in [0.25, 0.3) is 11.0 Å². The number of H-pyrrole nitrogens is 2. The third-order valence-corrected chi connectivity index (χ3v) is 3.71. The number of aromatic nitrogens is 2. The predicted molar refractivity (Wildman–Crippen MR) is 68.8 cm³/mol. The minimum absolute atomic E-state index is 0.204. The maximum atomic E-state index is 11.2. The van der Waals surface area contributed by atoms with E-state index in [-0.39, 0.29) is 5.69 Å². The van der Waals surface area contributed by atoms with E-state index in [9.17, 15) is 4.79 Å². The number of aromatic amines is 2. The van der Waals surface area contributed by atoms with Crippen molar-refractivity contribution in [3.8, 4) is 0 Å². The van der Waals surface area contributed by atoms with Crippen LogP contribution in [-0.2, 0) is 0 Å². The fraction of sp³-hybridized carbons (Fsp3) is 0.417. The predicted octanol–water partition coefficient (Wildman–Crippen LogP) is 1.98. The molecule has 0 spiro atoms. The minimum Gasteiger partial charge on any atom is -0.317 e. The summed E-state index contributed by atoms with van der Waals surface area (Å²) < 4.78 is 0. The van der Waals surface area contributed by atoms with E-state index in [1.807, 2.05) is 12.1 Å². The second kappa shape index (κ2) is 4.20. The summed E-state index contributed by atoms with van der Waals surface area (Å²) in [5.74, 6) is 0.538. The molecule has 2 aromatic rings. The third kappa shape index (κ3) is 1.98. The number of benzene rings is 1. The second-order valence-corrected chi connectivity index (χ2v) is 4.94. The lowest BCUT2D eigenvalue weighted by atomic mass is 9.90. The first kappa shape index (κ1) is 10.9. The highest BCUT2D eigenvalue weighted by molar-refractivity contribution is 6.35. The normalized spacial score (nSPS) is 17.7. The van der Waals surface area contributed by atoms with Crippen molar-refractivity contribution in [2.45, 2.75) is 18.8 Å². The number of rotatable bonds is 1. The van der Waals surface area contributed by atoms with Gasteiger partial charge in [-0.3, -0.25) is 0 Å². The van der Waals surface area contributed by atoms with Crippen LogP contribution in [0, 0.1) is 0 Å². The Labute approximate surface area is 103 Å². The molecular weight excluding hydrogens is 238 g/mol. The first-order valence-corrected chi connectivity index (χ1v) is 6.24. The minimum atomic E-state index is -0.204. The summed E-state index contributed by atoms with van der Waals surface area (Å²) in [5, 5.41) is 3.96. The number of halogens is 1. The molecule has 0 aliphatic carbocycles. The molecule has 1 aromatic carbocycles. The molecule has 17 heavy (non-hydrogen) atoms. The third-order valence-electron chi connectivity index (χ3n) is 3.41. The number of hydrogen-bond acceptors (Lipinski definition) is 2. The number of imidazole rings is 1. The zero-order chi connectivity index (χ0) is 11.8. The Morgan fingerprint density at radius 3 is 2.71 bits per heavy atom. The van der Waals surface area contributed by atoms with Crippen LogP contribution in [0.5, 0.6) is 0 Å². The van der Waals surface area contributed by atoms with Gasteiger partial charge in [-0.2, -0.15) is 0 Å². The van der Waals surface area contributed by atoms with Crippen LogP contribution in [0.3, 0.4) is 0 Å². The SMILES string of the molecule is O=c1[nH]c2cc(C3CCNCC3)cc(Cl)c2[nH]1. The molecule has 2 heterocycles. The standard InChI is InChI=1S/C12H14ClN3O/c13-9-5-8(7-1-3-14-4-2-7)6-10-11(9)16-12(17)15-10/h5-7,14H,1-4H2,(H2,15,16,17). The monoisotopic (exact) mass is 251 g/mol. The van der Waals surface area contributed by atoms with E-state index in [1.54, 1.807) is 0 Å². The topological polar surface area (TPSA) is 60.7 Å². The Bertz CT molecular complexity index is 595. The Balaban J connectivity index is 2.07. The van der Waals surface area contributed by atoms with Crippen molar-refractivity contribution in [1.29, 1.82) is 0 Å². The van der Waals surface area contributed by atoms with Crippen molar-refractivity contribution < 1.29 is 0 Å². The van der Waals surface area contributed by atoms with Crippen molar-refractivity contribution in [2.75, 3.05) is 13.1 Å². The quantitative estimate of drug-likeness (QED) is 0.726. The maximum absolute atomic E-state index is 11.2. The number of fused-ring (bicyclic) bond motifs is 1. The first-order valence-electron chi connectivity index (χ1n) is 5.86. The summed E-state index contributed by atoms with van der Waals surface area (Å²) >= 11 is 6.19. The van der Waals surface area contributed by atoms with E-state index < -0.39 is 0 Å². The van der Waals surface area contributed by atoms with E-state index in [0.717, 1.165) is 31.4 Å². The van der Waals surface area contributed by atoms with Crippen molar-refractivity contribution in [3.05, 3.63) is 33.2 Å². The molecule has 4 nitrogen and oxygen atoms in total. The molecule has 90 valence electrons. The molecule has 1 aliphatic rings. The van der Waals surface area contributed by atoms with E-state index in [4.69, 9.17) is 11.6 Å². The Hall–Kier alpha value is -1.26. The summed E-state index contributed by atoms with van der Waals surface area (Å²) in [7, 11) is 0.